The summed E-state index contributed by atoms with van der Waals surface area (Å²) in [5.74, 6) is -0.964. The maximum atomic E-state index is 14.7. The Hall–Kier alpha value is -4.26. The third-order valence-corrected chi connectivity index (χ3v) is 5.85. The van der Waals surface area contributed by atoms with Gasteiger partial charge in [0.25, 0.3) is 11.5 Å². The molecule has 0 aliphatic heterocycles. The number of benzene rings is 3. The number of aromatic nitrogens is 3. The van der Waals surface area contributed by atoms with Gasteiger partial charge in [0.15, 0.2) is 5.69 Å². The first-order valence-electron chi connectivity index (χ1n) is 10.6. The van der Waals surface area contributed by atoms with Crippen LogP contribution in [0, 0.1) is 5.82 Å². The maximum Gasteiger partial charge on any atom is 0.296 e. The highest BCUT2D eigenvalue weighted by atomic mass is 19.1. The molecule has 0 fully saturated rings. The molecule has 1 amide bonds. The van der Waals surface area contributed by atoms with E-state index in [-0.39, 0.29) is 17.3 Å². The molecule has 0 saturated heterocycles. The molecule has 33 heavy (non-hydrogen) atoms. The number of hydrogen-bond acceptors (Lipinski definition) is 3. The molecular formula is C26H21FN4O2. The lowest BCUT2D eigenvalue weighted by Crippen LogP contribution is -2.34. The highest BCUT2D eigenvalue weighted by molar-refractivity contribution is 6.20. The molecule has 3 aromatic carbocycles. The van der Waals surface area contributed by atoms with E-state index in [1.165, 1.54) is 12.1 Å². The van der Waals surface area contributed by atoms with Crippen LogP contribution < -0.4 is 10.5 Å². The molecule has 0 aliphatic carbocycles. The van der Waals surface area contributed by atoms with E-state index < -0.39 is 11.4 Å². The molecule has 5 rings (SSSR count). The zero-order valence-electron chi connectivity index (χ0n) is 18.2. The van der Waals surface area contributed by atoms with Crippen molar-refractivity contribution in [1.29, 1.82) is 0 Å². The van der Waals surface area contributed by atoms with Crippen LogP contribution >= 0.6 is 0 Å². The molecule has 0 unspecified atom stereocenters. The summed E-state index contributed by atoms with van der Waals surface area (Å²) in [6.07, 6.45) is 0. The van der Waals surface area contributed by atoms with Crippen molar-refractivity contribution >= 4 is 33.4 Å². The lowest BCUT2D eigenvalue weighted by atomic mass is 10.1. The molecule has 0 spiro atoms. The largest absolute Gasteiger partial charge is 0.339 e. The number of nitrogens with zero attached hydrogens (tertiary/aromatic N) is 4. The molecule has 0 N–H and O–H groups in total. The third kappa shape index (κ3) is 3.20. The molecule has 0 radical (unpaired) electrons. The van der Waals surface area contributed by atoms with Crippen LogP contribution in [0.15, 0.2) is 83.7 Å². The number of halogens is 1. The molecule has 0 aliphatic rings. The summed E-state index contributed by atoms with van der Waals surface area (Å²) in [7, 11) is 1.76. The van der Waals surface area contributed by atoms with Gasteiger partial charge in [-0.1, -0.05) is 48.5 Å². The second-order valence-corrected chi connectivity index (χ2v) is 7.70. The van der Waals surface area contributed by atoms with E-state index in [0.29, 0.717) is 23.1 Å². The van der Waals surface area contributed by atoms with Crippen molar-refractivity contribution in [2.45, 2.75) is 6.92 Å². The van der Waals surface area contributed by atoms with Crippen molar-refractivity contribution in [2.75, 3.05) is 11.4 Å². The van der Waals surface area contributed by atoms with Gasteiger partial charge in [-0.25, -0.2) is 4.39 Å². The summed E-state index contributed by atoms with van der Waals surface area (Å²) in [6.45, 7) is 2.27. The summed E-state index contributed by atoms with van der Waals surface area (Å²) in [5.41, 5.74) is 1.38. The number of carbonyl (C=O) groups is 1. The first-order valence-corrected chi connectivity index (χ1v) is 10.6. The first-order chi connectivity index (χ1) is 16.0. The number of anilines is 1. The van der Waals surface area contributed by atoms with Crippen LogP contribution in [0.5, 0.6) is 0 Å². The van der Waals surface area contributed by atoms with Crippen LogP contribution in [0.1, 0.15) is 17.4 Å². The molecular weight excluding hydrogens is 419 g/mol. The normalized spacial score (nSPS) is 11.2. The van der Waals surface area contributed by atoms with Crippen LogP contribution in [0.2, 0.25) is 0 Å². The summed E-state index contributed by atoms with van der Waals surface area (Å²) < 4.78 is 17.4. The van der Waals surface area contributed by atoms with Crippen LogP contribution in [0.25, 0.3) is 27.5 Å². The Morgan fingerprint density at radius 1 is 0.970 bits per heavy atom. The van der Waals surface area contributed by atoms with Gasteiger partial charge in [0.2, 0.25) is 0 Å². The fourth-order valence-corrected chi connectivity index (χ4v) is 4.29. The number of hydrogen-bond donors (Lipinski definition) is 0. The minimum Gasteiger partial charge on any atom is -0.339 e. The molecule has 2 aromatic heterocycles. The second-order valence-electron chi connectivity index (χ2n) is 7.70. The van der Waals surface area contributed by atoms with Crippen LogP contribution in [0.4, 0.5) is 10.1 Å². The summed E-state index contributed by atoms with van der Waals surface area (Å²) >= 11 is 0. The molecule has 164 valence electrons. The smallest absolute Gasteiger partial charge is 0.296 e. The van der Waals surface area contributed by atoms with E-state index in [4.69, 9.17) is 0 Å². The van der Waals surface area contributed by atoms with Gasteiger partial charge in [0.05, 0.1) is 0 Å². The Labute approximate surface area is 189 Å². The van der Waals surface area contributed by atoms with E-state index >= 15 is 0 Å². The average Bonchev–Trinajstić information content (AvgIpc) is 3.14. The monoisotopic (exact) mass is 440 g/mol. The summed E-state index contributed by atoms with van der Waals surface area (Å²) in [5, 5.41) is 5.66. The SMILES string of the molecule is CCN(C(=O)c1nn(-c2ccccc2F)c(=O)c2c1c1ccccc1n2C)c1ccccc1. The lowest BCUT2D eigenvalue weighted by molar-refractivity contribution is 0.0983. The Kier molecular flexibility index (Phi) is 5.01. The van der Waals surface area contributed by atoms with Gasteiger partial charge in [-0.05, 0) is 37.3 Å². The first kappa shape index (κ1) is 20.6. The Morgan fingerprint density at radius 2 is 1.64 bits per heavy atom. The third-order valence-electron chi connectivity index (χ3n) is 5.85. The Balaban J connectivity index is 1.88. The Bertz CT molecular complexity index is 1570. The van der Waals surface area contributed by atoms with Gasteiger partial charge in [-0.2, -0.15) is 9.78 Å². The van der Waals surface area contributed by atoms with E-state index in [0.717, 1.165) is 15.6 Å². The zero-order valence-corrected chi connectivity index (χ0v) is 18.2. The number of rotatable bonds is 4. The maximum absolute atomic E-state index is 14.7. The van der Waals surface area contributed by atoms with Crippen molar-refractivity contribution in [3.8, 4) is 5.69 Å². The van der Waals surface area contributed by atoms with Crippen molar-refractivity contribution in [1.82, 2.24) is 14.3 Å². The van der Waals surface area contributed by atoms with Crippen LogP contribution in [-0.2, 0) is 7.05 Å². The van der Waals surface area contributed by atoms with Gasteiger partial charge in [-0.3, -0.25) is 9.59 Å². The predicted octanol–water partition coefficient (Wildman–Crippen LogP) is 4.68. The number of carbonyl (C=O) groups excluding carboxylic acids is 1. The lowest BCUT2D eigenvalue weighted by Gasteiger charge is -2.21. The molecule has 0 atom stereocenters. The van der Waals surface area contributed by atoms with Gasteiger partial charge < -0.3 is 9.47 Å². The molecule has 5 aromatic rings. The van der Waals surface area contributed by atoms with Crippen molar-refractivity contribution < 1.29 is 9.18 Å². The summed E-state index contributed by atoms with van der Waals surface area (Å²) in [4.78, 5) is 29.0. The molecule has 0 saturated carbocycles. The minimum atomic E-state index is -0.598. The topological polar surface area (TPSA) is 60.1 Å². The van der Waals surface area contributed by atoms with Crippen LogP contribution in [-0.4, -0.2) is 26.8 Å². The number of aryl methyl sites for hydroxylation is 1. The van der Waals surface area contributed by atoms with E-state index in [1.807, 2.05) is 61.5 Å². The quantitative estimate of drug-likeness (QED) is 0.408. The van der Waals surface area contributed by atoms with E-state index in [1.54, 1.807) is 28.6 Å². The van der Waals surface area contributed by atoms with E-state index in [2.05, 4.69) is 5.10 Å². The number of amides is 1. The standard InChI is InChI=1S/C26H21FN4O2/c1-3-30(17-11-5-4-6-12-17)25(32)23-22-18-13-7-9-15-20(18)29(2)24(22)26(33)31(28-23)21-16-10-8-14-19(21)27/h4-16H,3H2,1-2H3. The highest BCUT2D eigenvalue weighted by Crippen LogP contribution is 2.30. The number of para-hydroxylation sites is 3. The zero-order chi connectivity index (χ0) is 23.1. The minimum absolute atomic E-state index is 0.00790. The summed E-state index contributed by atoms with van der Waals surface area (Å²) in [6, 6.07) is 22.6. The molecule has 2 heterocycles. The fraction of sp³-hybridized carbons (Fsp3) is 0.115. The van der Waals surface area contributed by atoms with Gasteiger partial charge in [-0.15, -0.1) is 0 Å². The van der Waals surface area contributed by atoms with Crippen molar-refractivity contribution in [3.63, 3.8) is 0 Å². The van der Waals surface area contributed by atoms with Gasteiger partial charge >= 0.3 is 0 Å². The second kappa shape index (κ2) is 8.02. The van der Waals surface area contributed by atoms with Crippen LogP contribution in [0.3, 0.4) is 0 Å². The average molecular weight is 440 g/mol. The van der Waals surface area contributed by atoms with Crippen molar-refractivity contribution in [3.05, 3.63) is 101 Å². The highest BCUT2D eigenvalue weighted by Gasteiger charge is 2.27. The Morgan fingerprint density at radius 3 is 2.36 bits per heavy atom. The van der Waals surface area contributed by atoms with Gasteiger partial charge in [0, 0.05) is 35.6 Å². The van der Waals surface area contributed by atoms with E-state index in [9.17, 15) is 14.0 Å². The predicted molar refractivity (Wildman–Crippen MR) is 128 cm³/mol. The molecule has 6 nitrogen and oxygen atoms in total. The molecule has 0 bridgehead atoms. The molecule has 7 heteroatoms. The van der Waals surface area contributed by atoms with Gasteiger partial charge in [0.1, 0.15) is 17.0 Å². The van der Waals surface area contributed by atoms with Crippen molar-refractivity contribution in [2.24, 2.45) is 7.05 Å². The fourth-order valence-electron chi connectivity index (χ4n) is 4.29. The number of fused-ring (bicyclic) bond motifs is 3.